The number of carbonyl (C=O) groups excluding carboxylic acids is 2. The van der Waals surface area contributed by atoms with Gasteiger partial charge in [0, 0.05) is 29.7 Å². The summed E-state index contributed by atoms with van der Waals surface area (Å²) in [6.45, 7) is 7.20. The summed E-state index contributed by atoms with van der Waals surface area (Å²) >= 11 is 6.83. The first-order valence-corrected chi connectivity index (χ1v) is 12.7. The summed E-state index contributed by atoms with van der Waals surface area (Å²) in [6, 6.07) is 6.53. The predicted octanol–water partition coefficient (Wildman–Crippen LogP) is 5.12. The Balaban J connectivity index is 1.66. The van der Waals surface area contributed by atoms with E-state index in [0.29, 0.717) is 27.7 Å². The maximum Gasteiger partial charge on any atom is 0.266 e. The molecular weight excluding hydrogens is 438 g/mol. The molecule has 2 aromatic rings. The molecule has 1 N–H and O–H groups in total. The molecule has 0 bridgehead atoms. The lowest BCUT2D eigenvalue weighted by Crippen LogP contribution is -2.35. The van der Waals surface area contributed by atoms with Gasteiger partial charge in [-0.2, -0.15) is 0 Å². The highest BCUT2D eigenvalue weighted by Gasteiger charge is 2.32. The average Bonchev–Trinajstić information content (AvgIpc) is 3.44. The van der Waals surface area contributed by atoms with Crippen molar-refractivity contribution < 1.29 is 9.59 Å². The normalized spacial score (nSPS) is 18.6. The lowest BCUT2D eigenvalue weighted by molar-refractivity contribution is -0.123. The minimum Gasteiger partial charge on any atom is -0.352 e. The number of hydrogen-bond donors (Lipinski definition) is 1. The van der Waals surface area contributed by atoms with Gasteiger partial charge in [-0.15, -0.1) is 0 Å². The number of para-hydroxylation sites is 1. The first kappa shape index (κ1) is 23.1. The fourth-order valence-electron chi connectivity index (χ4n) is 4.65. The second-order valence-corrected chi connectivity index (χ2v) is 10.8. The Hall–Kier alpha value is -2.12. The Bertz CT molecular complexity index is 1080. The van der Waals surface area contributed by atoms with Crippen LogP contribution >= 0.6 is 24.0 Å². The van der Waals surface area contributed by atoms with Gasteiger partial charge in [-0.1, -0.05) is 75.8 Å². The second kappa shape index (κ2) is 9.79. The van der Waals surface area contributed by atoms with E-state index in [9.17, 15) is 9.59 Å². The van der Waals surface area contributed by atoms with Crippen molar-refractivity contribution in [3.8, 4) is 0 Å². The topological polar surface area (TPSA) is 54.3 Å². The molecule has 7 heteroatoms. The van der Waals surface area contributed by atoms with Crippen LogP contribution in [0.2, 0.25) is 0 Å². The van der Waals surface area contributed by atoms with Gasteiger partial charge in [0.1, 0.15) is 10.9 Å². The van der Waals surface area contributed by atoms with E-state index in [1.54, 1.807) is 4.90 Å². The van der Waals surface area contributed by atoms with Crippen LogP contribution in [0.5, 0.6) is 0 Å². The predicted molar refractivity (Wildman–Crippen MR) is 136 cm³/mol. The number of benzene rings is 1. The summed E-state index contributed by atoms with van der Waals surface area (Å²) in [5.74, 6) is 0.374. The maximum absolute atomic E-state index is 13.0. The van der Waals surface area contributed by atoms with Crippen molar-refractivity contribution in [1.29, 1.82) is 0 Å². The fraction of sp³-hybridized carbons (Fsp3) is 0.480. The SMILES string of the molecule is CCc1cccc2c(/C=C3\SC(=S)N(CC(C)C)C3=O)cn(CC(=O)NC3CCCC3)c12. The third kappa shape index (κ3) is 4.79. The maximum atomic E-state index is 13.0. The highest BCUT2D eigenvalue weighted by Crippen LogP contribution is 2.35. The Morgan fingerprint density at radius 1 is 1.31 bits per heavy atom. The summed E-state index contributed by atoms with van der Waals surface area (Å²) in [5, 5.41) is 4.25. The van der Waals surface area contributed by atoms with Gasteiger partial charge >= 0.3 is 0 Å². The molecule has 1 aromatic carbocycles. The number of aryl methyl sites for hydroxylation is 1. The molecule has 2 amide bonds. The van der Waals surface area contributed by atoms with Gasteiger partial charge in [0.2, 0.25) is 5.91 Å². The summed E-state index contributed by atoms with van der Waals surface area (Å²) in [7, 11) is 0. The van der Waals surface area contributed by atoms with Crippen LogP contribution in [0.15, 0.2) is 29.3 Å². The molecule has 1 saturated heterocycles. The number of carbonyl (C=O) groups is 2. The van der Waals surface area contributed by atoms with E-state index in [0.717, 1.165) is 35.7 Å². The standard InChI is InChI=1S/C25H31N3O2S2/c1-4-17-8-7-11-20-18(12-21-24(30)28(13-16(2)3)25(31)32-21)14-27(23(17)20)15-22(29)26-19-9-5-6-10-19/h7-8,11-12,14,16,19H,4-6,9-10,13,15H2,1-3H3,(H,26,29)/b21-12-. The highest BCUT2D eigenvalue weighted by atomic mass is 32.2. The number of thiocarbonyl (C=S) groups is 1. The van der Waals surface area contributed by atoms with Gasteiger partial charge in [0.05, 0.1) is 10.4 Å². The molecule has 2 fully saturated rings. The monoisotopic (exact) mass is 469 g/mol. The van der Waals surface area contributed by atoms with Gasteiger partial charge < -0.3 is 9.88 Å². The molecule has 1 aliphatic carbocycles. The van der Waals surface area contributed by atoms with E-state index in [2.05, 4.69) is 38.2 Å². The first-order valence-electron chi connectivity index (χ1n) is 11.5. The lowest BCUT2D eigenvalue weighted by atomic mass is 10.1. The van der Waals surface area contributed by atoms with Crippen LogP contribution in [0.1, 0.15) is 57.6 Å². The van der Waals surface area contributed by atoms with Crippen molar-refractivity contribution in [1.82, 2.24) is 14.8 Å². The van der Waals surface area contributed by atoms with Crippen molar-refractivity contribution in [3.05, 3.63) is 40.4 Å². The van der Waals surface area contributed by atoms with Crippen molar-refractivity contribution in [2.24, 2.45) is 5.92 Å². The van der Waals surface area contributed by atoms with E-state index < -0.39 is 0 Å². The number of amides is 2. The molecule has 32 heavy (non-hydrogen) atoms. The Morgan fingerprint density at radius 2 is 2.06 bits per heavy atom. The van der Waals surface area contributed by atoms with Crippen molar-refractivity contribution in [2.45, 2.75) is 65.5 Å². The minimum atomic E-state index is -0.0276. The van der Waals surface area contributed by atoms with E-state index >= 15 is 0 Å². The summed E-state index contributed by atoms with van der Waals surface area (Å²) < 4.78 is 2.66. The van der Waals surface area contributed by atoms with Gasteiger partial charge in [-0.25, -0.2) is 0 Å². The summed E-state index contributed by atoms with van der Waals surface area (Å²) in [5.41, 5.74) is 3.22. The molecule has 0 unspecified atom stereocenters. The van der Waals surface area contributed by atoms with Crippen LogP contribution in [0, 0.1) is 5.92 Å². The van der Waals surface area contributed by atoms with E-state index in [1.807, 2.05) is 22.9 Å². The number of thioether (sulfide) groups is 1. The molecule has 0 radical (unpaired) electrons. The Kier molecular flexibility index (Phi) is 7.05. The largest absolute Gasteiger partial charge is 0.352 e. The number of aromatic nitrogens is 1. The van der Waals surface area contributed by atoms with E-state index in [-0.39, 0.29) is 18.4 Å². The molecule has 4 rings (SSSR count). The Morgan fingerprint density at radius 3 is 2.75 bits per heavy atom. The molecule has 170 valence electrons. The minimum absolute atomic E-state index is 0.0276. The fourth-order valence-corrected chi connectivity index (χ4v) is 5.92. The zero-order valence-electron chi connectivity index (χ0n) is 19.0. The second-order valence-electron chi connectivity index (χ2n) is 9.11. The number of rotatable bonds is 7. The van der Waals surface area contributed by atoms with Gasteiger partial charge in [-0.05, 0) is 36.8 Å². The average molecular weight is 470 g/mol. The number of nitrogens with one attached hydrogen (secondary N) is 1. The van der Waals surface area contributed by atoms with Crippen LogP contribution < -0.4 is 5.32 Å². The molecule has 0 spiro atoms. The zero-order chi connectivity index (χ0) is 22.8. The summed E-state index contributed by atoms with van der Waals surface area (Å²) in [4.78, 5) is 28.1. The number of hydrogen-bond acceptors (Lipinski definition) is 4. The van der Waals surface area contributed by atoms with Crippen molar-refractivity contribution in [3.63, 3.8) is 0 Å². The lowest BCUT2D eigenvalue weighted by Gasteiger charge is -2.16. The van der Waals surface area contributed by atoms with Crippen molar-refractivity contribution in [2.75, 3.05) is 6.54 Å². The van der Waals surface area contributed by atoms with Crippen LogP contribution in [0.4, 0.5) is 0 Å². The van der Waals surface area contributed by atoms with Gasteiger partial charge in [0.15, 0.2) is 0 Å². The molecule has 2 aliphatic rings. The third-order valence-corrected chi connectivity index (χ3v) is 7.51. The molecule has 2 heterocycles. The zero-order valence-corrected chi connectivity index (χ0v) is 20.7. The van der Waals surface area contributed by atoms with Crippen LogP contribution in [-0.2, 0) is 22.6 Å². The number of nitrogens with zero attached hydrogens (tertiary/aromatic N) is 2. The quantitative estimate of drug-likeness (QED) is 0.452. The van der Waals surface area contributed by atoms with Gasteiger partial charge in [0.25, 0.3) is 5.91 Å². The Labute approximate surface area is 199 Å². The molecule has 1 saturated carbocycles. The van der Waals surface area contributed by atoms with Gasteiger partial charge in [-0.3, -0.25) is 14.5 Å². The van der Waals surface area contributed by atoms with Crippen LogP contribution in [-0.4, -0.2) is 38.2 Å². The molecule has 5 nitrogen and oxygen atoms in total. The van der Waals surface area contributed by atoms with Crippen LogP contribution in [0.25, 0.3) is 17.0 Å². The number of fused-ring (bicyclic) bond motifs is 1. The first-order chi connectivity index (χ1) is 15.4. The summed E-state index contributed by atoms with van der Waals surface area (Å²) in [6.07, 6.45) is 9.35. The molecule has 0 atom stereocenters. The van der Waals surface area contributed by atoms with Crippen LogP contribution in [0.3, 0.4) is 0 Å². The third-order valence-electron chi connectivity index (χ3n) is 6.14. The molecule has 1 aromatic heterocycles. The molecule has 1 aliphatic heterocycles. The highest BCUT2D eigenvalue weighted by molar-refractivity contribution is 8.26. The smallest absolute Gasteiger partial charge is 0.266 e. The molecular formula is C25H31N3O2S2. The van der Waals surface area contributed by atoms with E-state index in [4.69, 9.17) is 12.2 Å². The van der Waals surface area contributed by atoms with E-state index in [1.165, 1.54) is 30.2 Å². The van der Waals surface area contributed by atoms with Crippen molar-refractivity contribution >= 4 is 57.1 Å².